The molecular formula is C17H26. The van der Waals surface area contributed by atoms with Crippen molar-refractivity contribution in [3.05, 3.63) is 40.0 Å². The van der Waals surface area contributed by atoms with E-state index in [2.05, 4.69) is 52.8 Å². The van der Waals surface area contributed by atoms with Gasteiger partial charge in [0.2, 0.25) is 0 Å². The van der Waals surface area contributed by atoms with Crippen molar-refractivity contribution in [2.75, 3.05) is 0 Å². The zero-order valence-corrected chi connectivity index (χ0v) is 12.4. The van der Waals surface area contributed by atoms with Gasteiger partial charge in [0.25, 0.3) is 0 Å². The maximum Gasteiger partial charge on any atom is -0.0104 e. The summed E-state index contributed by atoms with van der Waals surface area (Å²) >= 11 is 0. The van der Waals surface area contributed by atoms with Crippen LogP contribution < -0.4 is 0 Å². The van der Waals surface area contributed by atoms with Gasteiger partial charge in [0, 0.05) is 0 Å². The number of allylic oxidation sites excluding steroid dienone is 1. The van der Waals surface area contributed by atoms with E-state index < -0.39 is 0 Å². The van der Waals surface area contributed by atoms with Crippen molar-refractivity contribution in [2.24, 2.45) is 5.41 Å². The van der Waals surface area contributed by atoms with Crippen LogP contribution in [-0.4, -0.2) is 0 Å². The van der Waals surface area contributed by atoms with Gasteiger partial charge < -0.3 is 0 Å². The van der Waals surface area contributed by atoms with Crippen molar-refractivity contribution in [3.63, 3.8) is 0 Å². The Morgan fingerprint density at radius 2 is 1.59 bits per heavy atom. The maximum absolute atomic E-state index is 2.38. The zero-order chi connectivity index (χ0) is 13.2. The summed E-state index contributed by atoms with van der Waals surface area (Å²) in [4.78, 5) is 0. The van der Waals surface area contributed by atoms with E-state index in [9.17, 15) is 0 Å². The predicted octanol–water partition coefficient (Wildman–Crippen LogP) is 5.32. The molecule has 0 heterocycles. The highest BCUT2D eigenvalue weighted by Crippen LogP contribution is 2.39. The summed E-state index contributed by atoms with van der Waals surface area (Å²) in [6, 6.07) is 4.54. The first kappa shape index (κ1) is 14.0. The van der Waals surface area contributed by atoms with Crippen LogP contribution in [0.4, 0.5) is 0 Å². The van der Waals surface area contributed by atoms with Gasteiger partial charge in [0.15, 0.2) is 0 Å². The van der Waals surface area contributed by atoms with Gasteiger partial charge in [-0.25, -0.2) is 0 Å². The molecule has 0 radical (unpaired) electrons. The number of benzene rings is 1. The molecule has 0 aromatic heterocycles. The summed E-state index contributed by atoms with van der Waals surface area (Å²) < 4.78 is 0. The van der Waals surface area contributed by atoms with Crippen LogP contribution in [0.2, 0.25) is 0 Å². The molecule has 0 heteroatoms. The fraction of sp³-hybridized carbons (Fsp3) is 0.529. The van der Waals surface area contributed by atoms with Gasteiger partial charge in [0.05, 0.1) is 0 Å². The lowest BCUT2D eigenvalue weighted by Gasteiger charge is -2.32. The van der Waals surface area contributed by atoms with Crippen molar-refractivity contribution in [1.82, 2.24) is 0 Å². The molecule has 0 aliphatic heterocycles. The van der Waals surface area contributed by atoms with Gasteiger partial charge in [-0.2, -0.15) is 0 Å². The summed E-state index contributed by atoms with van der Waals surface area (Å²) in [5, 5.41) is 0. The third-order valence-corrected chi connectivity index (χ3v) is 3.94. The minimum absolute atomic E-state index is 0.328. The first-order valence-electron chi connectivity index (χ1n) is 6.70. The van der Waals surface area contributed by atoms with Gasteiger partial charge in [0.1, 0.15) is 0 Å². The molecule has 1 aliphatic rings. The average molecular weight is 230 g/mol. The number of fused-ring (bicyclic) bond motifs is 1. The third-order valence-electron chi connectivity index (χ3n) is 3.94. The van der Waals surface area contributed by atoms with E-state index in [-0.39, 0.29) is 0 Å². The summed E-state index contributed by atoms with van der Waals surface area (Å²) in [5.41, 5.74) is 7.65. The molecule has 1 aromatic rings. The molecule has 0 amide bonds. The number of aryl methyl sites for hydroxylation is 1. The molecule has 0 saturated heterocycles. The van der Waals surface area contributed by atoms with Crippen LogP contribution in [0.5, 0.6) is 0 Å². The minimum atomic E-state index is 0.328. The molecule has 1 aliphatic carbocycles. The van der Waals surface area contributed by atoms with Crippen LogP contribution in [0.25, 0.3) is 6.08 Å². The van der Waals surface area contributed by atoms with Crippen LogP contribution in [0.15, 0.2) is 17.7 Å². The van der Waals surface area contributed by atoms with Crippen molar-refractivity contribution >= 4 is 6.08 Å². The number of rotatable bonds is 0. The first-order valence-corrected chi connectivity index (χ1v) is 6.70. The second-order valence-electron chi connectivity index (χ2n) is 5.47. The maximum atomic E-state index is 2.38. The Hall–Kier alpha value is -1.04. The third kappa shape index (κ3) is 2.62. The Kier molecular flexibility index (Phi) is 4.19. The fourth-order valence-corrected chi connectivity index (χ4v) is 2.28. The largest absolute Gasteiger partial charge is 0.0683 e. The van der Waals surface area contributed by atoms with Gasteiger partial charge in [-0.3, -0.25) is 0 Å². The van der Waals surface area contributed by atoms with E-state index in [1.165, 1.54) is 34.2 Å². The van der Waals surface area contributed by atoms with Crippen LogP contribution in [0.1, 0.15) is 56.9 Å². The second-order valence-corrected chi connectivity index (χ2v) is 5.47. The minimum Gasteiger partial charge on any atom is -0.0683 e. The smallest absolute Gasteiger partial charge is 0.0104 e. The molecule has 0 unspecified atom stereocenters. The Bertz CT molecular complexity index is 434. The molecule has 0 nitrogen and oxygen atoms in total. The van der Waals surface area contributed by atoms with E-state index in [1.54, 1.807) is 0 Å². The summed E-state index contributed by atoms with van der Waals surface area (Å²) in [5.74, 6) is 0. The number of hydrogen-bond acceptors (Lipinski definition) is 0. The lowest BCUT2D eigenvalue weighted by atomic mass is 9.73. The highest BCUT2D eigenvalue weighted by molar-refractivity contribution is 5.65. The van der Waals surface area contributed by atoms with Crippen molar-refractivity contribution < 1.29 is 0 Å². The summed E-state index contributed by atoms with van der Waals surface area (Å²) in [6.07, 6.45) is 3.55. The van der Waals surface area contributed by atoms with E-state index in [0.29, 0.717) is 5.41 Å². The van der Waals surface area contributed by atoms with Crippen molar-refractivity contribution in [3.8, 4) is 0 Å². The molecule has 0 fully saturated rings. The predicted molar refractivity (Wildman–Crippen MR) is 78.4 cm³/mol. The van der Waals surface area contributed by atoms with Crippen LogP contribution in [0, 0.1) is 19.3 Å². The standard InChI is InChI=1S/C15H20.C2H6/c1-10-6-7-13-9-15(4,5)11(2)8-14(13)12(10)3;1-2/h6-8H,9H2,1-5H3;1-2H3. The molecular weight excluding hydrogens is 204 g/mol. The van der Waals surface area contributed by atoms with Gasteiger partial charge in [-0.15, -0.1) is 0 Å². The molecule has 0 N–H and O–H groups in total. The summed E-state index contributed by atoms with van der Waals surface area (Å²) in [6.45, 7) is 15.3. The molecule has 0 saturated carbocycles. The van der Waals surface area contributed by atoms with Gasteiger partial charge in [-0.05, 0) is 54.9 Å². The Morgan fingerprint density at radius 1 is 1.00 bits per heavy atom. The molecule has 0 atom stereocenters. The monoisotopic (exact) mass is 230 g/mol. The fourth-order valence-electron chi connectivity index (χ4n) is 2.28. The first-order chi connectivity index (χ1) is 7.92. The van der Waals surface area contributed by atoms with Gasteiger partial charge in [-0.1, -0.05) is 51.5 Å². The van der Waals surface area contributed by atoms with Crippen LogP contribution in [0.3, 0.4) is 0 Å². The van der Waals surface area contributed by atoms with E-state index in [0.717, 1.165) is 0 Å². The van der Waals surface area contributed by atoms with Crippen molar-refractivity contribution in [2.45, 2.75) is 54.9 Å². The van der Waals surface area contributed by atoms with Gasteiger partial charge >= 0.3 is 0 Å². The highest BCUT2D eigenvalue weighted by atomic mass is 14.3. The molecule has 0 bridgehead atoms. The highest BCUT2D eigenvalue weighted by Gasteiger charge is 2.26. The summed E-state index contributed by atoms with van der Waals surface area (Å²) in [7, 11) is 0. The Labute approximate surface area is 107 Å². The molecule has 17 heavy (non-hydrogen) atoms. The molecule has 0 spiro atoms. The molecule has 1 aromatic carbocycles. The molecule has 2 rings (SSSR count). The second kappa shape index (κ2) is 5.08. The Morgan fingerprint density at radius 3 is 2.18 bits per heavy atom. The lowest BCUT2D eigenvalue weighted by molar-refractivity contribution is 0.441. The lowest BCUT2D eigenvalue weighted by Crippen LogP contribution is -2.21. The van der Waals surface area contributed by atoms with Crippen LogP contribution >= 0.6 is 0 Å². The van der Waals surface area contributed by atoms with E-state index in [1.807, 2.05) is 13.8 Å². The topological polar surface area (TPSA) is 0 Å². The number of hydrogen-bond donors (Lipinski definition) is 0. The van der Waals surface area contributed by atoms with Crippen LogP contribution in [-0.2, 0) is 6.42 Å². The molecule has 94 valence electrons. The average Bonchev–Trinajstić information content (AvgIpc) is 2.29. The van der Waals surface area contributed by atoms with E-state index >= 15 is 0 Å². The van der Waals surface area contributed by atoms with E-state index in [4.69, 9.17) is 0 Å². The SMILES string of the molecule is CC.CC1=Cc2c(ccc(C)c2C)CC1(C)C. The normalized spacial score (nSPS) is 16.5. The zero-order valence-electron chi connectivity index (χ0n) is 12.4. The van der Waals surface area contributed by atoms with Crippen molar-refractivity contribution in [1.29, 1.82) is 0 Å². The quantitative estimate of drug-likeness (QED) is 0.566. The Balaban J connectivity index is 0.000000686.